The van der Waals surface area contributed by atoms with Crippen LogP contribution >= 0.6 is 11.8 Å². The van der Waals surface area contributed by atoms with Gasteiger partial charge < -0.3 is 31.3 Å². The van der Waals surface area contributed by atoms with E-state index in [-0.39, 0.29) is 24.3 Å². The van der Waals surface area contributed by atoms with Gasteiger partial charge in [0.15, 0.2) is 0 Å². The Morgan fingerprint density at radius 3 is 2.48 bits per heavy atom. The van der Waals surface area contributed by atoms with Crippen LogP contribution in [0.1, 0.15) is 56.4 Å². The molecule has 0 unspecified atom stereocenters. The largest absolute Gasteiger partial charge is 0.392 e. The lowest BCUT2D eigenvalue weighted by atomic mass is 9.98. The average Bonchev–Trinajstić information content (AvgIpc) is 3.14. The summed E-state index contributed by atoms with van der Waals surface area (Å²) in [7, 11) is 0. The highest BCUT2D eigenvalue weighted by atomic mass is 32.2. The van der Waals surface area contributed by atoms with Crippen molar-refractivity contribution in [3.05, 3.63) is 89.0 Å². The molecule has 0 radical (unpaired) electrons. The van der Waals surface area contributed by atoms with Gasteiger partial charge in [-0.05, 0) is 79.5 Å². The quantitative estimate of drug-likeness (QED) is 0.173. The summed E-state index contributed by atoms with van der Waals surface area (Å²) in [6, 6.07) is 21.5. The van der Waals surface area contributed by atoms with Crippen LogP contribution in [0.2, 0.25) is 0 Å². The van der Waals surface area contributed by atoms with Crippen LogP contribution in [0.25, 0.3) is 11.1 Å². The monoisotopic (exact) mass is 645 g/mol. The Bertz CT molecular complexity index is 1510. The minimum atomic E-state index is -0.693. The summed E-state index contributed by atoms with van der Waals surface area (Å²) in [5.41, 5.74) is 5.63. The van der Waals surface area contributed by atoms with Crippen molar-refractivity contribution in [1.82, 2.24) is 26.2 Å². The molecule has 9 nitrogen and oxygen atoms in total. The van der Waals surface area contributed by atoms with Crippen molar-refractivity contribution in [2.75, 3.05) is 19.3 Å². The Morgan fingerprint density at radius 1 is 1.04 bits per heavy atom. The van der Waals surface area contributed by atoms with E-state index < -0.39 is 17.7 Å². The van der Waals surface area contributed by atoms with Crippen molar-refractivity contribution >= 4 is 29.6 Å². The molecule has 1 aliphatic rings. The van der Waals surface area contributed by atoms with Crippen molar-refractivity contribution in [2.45, 2.75) is 82.8 Å². The number of nitrogens with zero attached hydrogens (tertiary/aromatic N) is 1. The molecule has 4 amide bonds. The molecule has 4 rings (SSSR count). The van der Waals surface area contributed by atoms with Gasteiger partial charge in [0.05, 0.1) is 6.10 Å². The molecule has 0 spiro atoms. The molecule has 3 aromatic rings. The Labute approximate surface area is 276 Å². The SMILES string of the molecule is CCNC(=O)NCc1ccccc1-c1ccc(CN2Cc3ccc(SC)cc3C[C@@H](NC(=O)CC(C)(C)NC[C@@H](C)O)C2=O)cc1. The van der Waals surface area contributed by atoms with Gasteiger partial charge in [0, 0.05) is 56.0 Å². The average molecular weight is 646 g/mol. The maximum absolute atomic E-state index is 14.0. The third-order valence-corrected chi connectivity index (χ3v) is 8.78. The third kappa shape index (κ3) is 9.82. The van der Waals surface area contributed by atoms with Crippen LogP contribution in [0.5, 0.6) is 0 Å². The normalized spacial score (nSPS) is 15.5. The van der Waals surface area contributed by atoms with E-state index in [0.717, 1.165) is 38.3 Å². The minimum absolute atomic E-state index is 0.115. The summed E-state index contributed by atoms with van der Waals surface area (Å²) in [5, 5.41) is 21.6. The highest BCUT2D eigenvalue weighted by molar-refractivity contribution is 7.98. The van der Waals surface area contributed by atoms with E-state index in [9.17, 15) is 19.5 Å². The molecule has 0 saturated heterocycles. The Morgan fingerprint density at radius 2 is 1.78 bits per heavy atom. The molecule has 46 heavy (non-hydrogen) atoms. The number of urea groups is 1. The van der Waals surface area contributed by atoms with Crippen molar-refractivity contribution in [3.8, 4) is 11.1 Å². The van der Waals surface area contributed by atoms with Gasteiger partial charge in [-0.25, -0.2) is 4.79 Å². The molecule has 0 fully saturated rings. The number of β-amino-alcohol motifs (C(OH)–C–C–N with tert-alkyl or cyclic N) is 1. The first-order valence-corrected chi connectivity index (χ1v) is 17.1. The minimum Gasteiger partial charge on any atom is -0.392 e. The highest BCUT2D eigenvalue weighted by Gasteiger charge is 2.32. The Kier molecular flexibility index (Phi) is 12.3. The first kappa shape index (κ1) is 35.0. The molecule has 1 aliphatic heterocycles. The molecule has 3 aromatic carbocycles. The molecular weight excluding hydrogens is 598 g/mol. The molecule has 0 saturated carbocycles. The number of hydrogen-bond acceptors (Lipinski definition) is 6. The summed E-state index contributed by atoms with van der Waals surface area (Å²) < 4.78 is 0. The smallest absolute Gasteiger partial charge is 0.315 e. The van der Waals surface area contributed by atoms with E-state index in [1.54, 1.807) is 18.7 Å². The van der Waals surface area contributed by atoms with Crippen LogP contribution < -0.4 is 21.3 Å². The fourth-order valence-corrected chi connectivity index (χ4v) is 6.09. The number of carbonyl (C=O) groups is 3. The standard InChI is InChI=1S/C36H47N5O4S/c1-6-37-35(45)38-21-27-9-7-8-10-31(27)26-13-11-25(12-14-26)22-41-23-28-15-16-30(46-5)17-29(28)18-32(34(41)44)40-33(43)19-36(3,4)39-20-24(2)42/h7-17,24,32,39,42H,6,18-23H2,1-5H3,(H,40,43)(H2,37,38,45)/t24-,32-/m1/s1. The van der Waals surface area contributed by atoms with Crippen LogP contribution in [0.3, 0.4) is 0 Å². The van der Waals surface area contributed by atoms with Crippen LogP contribution in [0, 0.1) is 0 Å². The number of thioether (sulfide) groups is 1. The van der Waals surface area contributed by atoms with Crippen molar-refractivity contribution in [3.63, 3.8) is 0 Å². The van der Waals surface area contributed by atoms with Crippen LogP contribution in [-0.2, 0) is 35.6 Å². The van der Waals surface area contributed by atoms with Gasteiger partial charge in [0.25, 0.3) is 0 Å². The number of amides is 4. The summed E-state index contributed by atoms with van der Waals surface area (Å²) in [4.78, 5) is 42.1. The molecule has 10 heteroatoms. The van der Waals surface area contributed by atoms with Crippen LogP contribution in [0.15, 0.2) is 71.6 Å². The van der Waals surface area contributed by atoms with Crippen LogP contribution in [-0.4, -0.2) is 64.9 Å². The van der Waals surface area contributed by atoms with Crippen molar-refractivity contribution < 1.29 is 19.5 Å². The molecule has 0 bridgehead atoms. The zero-order valence-corrected chi connectivity index (χ0v) is 28.3. The second-order valence-corrected chi connectivity index (χ2v) is 13.4. The molecule has 0 aromatic heterocycles. The number of nitrogens with one attached hydrogen (secondary N) is 4. The summed E-state index contributed by atoms with van der Waals surface area (Å²) in [6.07, 6.45) is 2.09. The predicted octanol–water partition coefficient (Wildman–Crippen LogP) is 4.60. The summed E-state index contributed by atoms with van der Waals surface area (Å²) in [6.45, 7) is 9.60. The van der Waals surface area contributed by atoms with E-state index in [1.165, 1.54) is 0 Å². The van der Waals surface area contributed by atoms with Crippen molar-refractivity contribution in [1.29, 1.82) is 0 Å². The number of fused-ring (bicyclic) bond motifs is 1. The summed E-state index contributed by atoms with van der Waals surface area (Å²) >= 11 is 1.65. The number of hydrogen-bond donors (Lipinski definition) is 5. The Hall–Kier alpha value is -3.86. The number of aliphatic hydroxyl groups is 1. The molecular formula is C36H47N5O4S. The zero-order chi connectivity index (χ0) is 33.3. The maximum Gasteiger partial charge on any atom is 0.315 e. The molecule has 246 valence electrons. The van der Waals surface area contributed by atoms with Gasteiger partial charge >= 0.3 is 6.03 Å². The number of aliphatic hydroxyl groups excluding tert-OH is 1. The highest BCUT2D eigenvalue weighted by Crippen LogP contribution is 2.28. The first-order chi connectivity index (χ1) is 22.0. The lowest BCUT2D eigenvalue weighted by Gasteiger charge is -2.29. The third-order valence-electron chi connectivity index (χ3n) is 8.05. The second-order valence-electron chi connectivity index (χ2n) is 12.5. The molecule has 1 heterocycles. The van der Waals surface area contributed by atoms with Gasteiger partial charge in [-0.1, -0.05) is 54.6 Å². The fraction of sp³-hybridized carbons (Fsp3) is 0.417. The fourth-order valence-electron chi connectivity index (χ4n) is 5.63. The van der Waals surface area contributed by atoms with E-state index in [1.807, 2.05) is 80.5 Å². The Balaban J connectivity index is 1.52. The number of rotatable bonds is 13. The van der Waals surface area contributed by atoms with Crippen LogP contribution in [0.4, 0.5) is 4.79 Å². The van der Waals surface area contributed by atoms with E-state index in [4.69, 9.17) is 0 Å². The van der Waals surface area contributed by atoms with E-state index >= 15 is 0 Å². The molecule has 2 atom stereocenters. The topological polar surface area (TPSA) is 123 Å². The number of carbonyl (C=O) groups excluding carboxylic acids is 3. The summed E-state index contributed by atoms with van der Waals surface area (Å²) in [5.74, 6) is -0.327. The van der Waals surface area contributed by atoms with Gasteiger partial charge in [0.2, 0.25) is 11.8 Å². The predicted molar refractivity (Wildman–Crippen MR) is 184 cm³/mol. The first-order valence-electron chi connectivity index (χ1n) is 15.8. The lowest BCUT2D eigenvalue weighted by Crippen LogP contribution is -2.51. The van der Waals surface area contributed by atoms with E-state index in [0.29, 0.717) is 39.1 Å². The second kappa shape index (κ2) is 16.1. The maximum atomic E-state index is 14.0. The molecule has 0 aliphatic carbocycles. The van der Waals surface area contributed by atoms with Gasteiger partial charge in [-0.3, -0.25) is 9.59 Å². The number of benzene rings is 3. The van der Waals surface area contributed by atoms with Gasteiger partial charge in [-0.15, -0.1) is 11.8 Å². The lowest BCUT2D eigenvalue weighted by molar-refractivity contribution is -0.137. The zero-order valence-electron chi connectivity index (χ0n) is 27.5. The molecule has 5 N–H and O–H groups in total. The van der Waals surface area contributed by atoms with E-state index in [2.05, 4.69) is 39.5 Å². The van der Waals surface area contributed by atoms with Gasteiger partial charge in [0.1, 0.15) is 6.04 Å². The van der Waals surface area contributed by atoms with Crippen molar-refractivity contribution in [2.24, 2.45) is 0 Å². The van der Waals surface area contributed by atoms with Gasteiger partial charge in [-0.2, -0.15) is 0 Å².